The van der Waals surface area contributed by atoms with Gasteiger partial charge in [-0.05, 0) is 34.7 Å². The Balaban J connectivity index is 1.78. The van der Waals surface area contributed by atoms with Gasteiger partial charge < -0.3 is 0 Å². The third kappa shape index (κ3) is 2.97. The number of pyridine rings is 1. The normalized spacial score (nSPS) is 10.9. The second kappa shape index (κ2) is 7.13. The van der Waals surface area contributed by atoms with E-state index in [1.165, 1.54) is 38.8 Å². The summed E-state index contributed by atoms with van der Waals surface area (Å²) in [4.78, 5) is 0. The summed E-state index contributed by atoms with van der Waals surface area (Å²) in [5, 5.41) is 2.50. The number of hydrogen-bond donors (Lipinski definition) is 0. The van der Waals surface area contributed by atoms with E-state index in [2.05, 4.69) is 126 Å². The van der Waals surface area contributed by atoms with E-state index in [-0.39, 0.29) is 0 Å². The number of fused-ring (bicyclic) bond motifs is 1. The lowest BCUT2D eigenvalue weighted by atomic mass is 10.0. The monoisotopic (exact) mass is 358 g/mol. The Bertz CT molecular complexity index is 1240. The van der Waals surface area contributed by atoms with Gasteiger partial charge in [-0.2, -0.15) is 4.57 Å². The van der Waals surface area contributed by atoms with E-state index >= 15 is 0 Å². The topological polar surface area (TPSA) is 3.88 Å². The summed E-state index contributed by atoms with van der Waals surface area (Å²) < 4.78 is 2.30. The van der Waals surface area contributed by atoms with Crippen molar-refractivity contribution in [3.05, 3.63) is 121 Å². The number of benzene rings is 4. The fraction of sp³-hybridized carbons (Fsp3) is 0. The summed E-state index contributed by atoms with van der Waals surface area (Å²) in [7, 11) is 0. The maximum atomic E-state index is 2.30. The molecule has 0 N–H and O–H groups in total. The SMILES string of the molecule is c1ccc(-c2cc[n+](-c3cccc4ccccc34)c(-c3ccccc3)c2)cc1. The number of nitrogens with zero attached hydrogens (tertiary/aromatic N) is 1. The fourth-order valence-electron chi connectivity index (χ4n) is 3.77. The summed E-state index contributed by atoms with van der Waals surface area (Å²) in [6, 6.07) is 40.7. The van der Waals surface area contributed by atoms with Gasteiger partial charge in [-0.1, -0.05) is 78.9 Å². The van der Waals surface area contributed by atoms with Gasteiger partial charge in [0.2, 0.25) is 11.4 Å². The minimum atomic E-state index is 1.18. The highest BCUT2D eigenvalue weighted by atomic mass is 15.0. The molecule has 0 unspecified atom stereocenters. The summed E-state index contributed by atoms with van der Waals surface area (Å²) >= 11 is 0. The minimum absolute atomic E-state index is 1.18. The molecule has 1 aromatic heterocycles. The van der Waals surface area contributed by atoms with Crippen molar-refractivity contribution in [1.29, 1.82) is 0 Å². The molecule has 0 aliphatic heterocycles. The molecule has 0 aliphatic carbocycles. The van der Waals surface area contributed by atoms with Gasteiger partial charge in [0.15, 0.2) is 6.20 Å². The van der Waals surface area contributed by atoms with Crippen molar-refractivity contribution in [2.45, 2.75) is 0 Å². The van der Waals surface area contributed by atoms with Crippen LogP contribution in [0.2, 0.25) is 0 Å². The fourth-order valence-corrected chi connectivity index (χ4v) is 3.77. The predicted octanol–water partition coefficient (Wildman–Crippen LogP) is 6.45. The van der Waals surface area contributed by atoms with Gasteiger partial charge in [-0.25, -0.2) is 0 Å². The number of hydrogen-bond acceptors (Lipinski definition) is 0. The molecule has 0 radical (unpaired) electrons. The molecule has 0 saturated carbocycles. The van der Waals surface area contributed by atoms with E-state index in [0.717, 1.165) is 0 Å². The van der Waals surface area contributed by atoms with Crippen LogP contribution in [0.5, 0.6) is 0 Å². The minimum Gasteiger partial charge on any atom is -0.159 e. The molecule has 0 bridgehead atoms. The van der Waals surface area contributed by atoms with Crippen LogP contribution >= 0.6 is 0 Å². The Morgan fingerprint density at radius 1 is 0.464 bits per heavy atom. The molecule has 4 aromatic carbocycles. The average molecular weight is 358 g/mol. The molecule has 1 heterocycles. The van der Waals surface area contributed by atoms with E-state index < -0.39 is 0 Å². The Hall–Kier alpha value is -3.71. The maximum Gasteiger partial charge on any atom is 0.219 e. The Morgan fingerprint density at radius 2 is 1.11 bits per heavy atom. The zero-order valence-electron chi connectivity index (χ0n) is 15.5. The lowest BCUT2D eigenvalue weighted by molar-refractivity contribution is -0.582. The van der Waals surface area contributed by atoms with Crippen LogP contribution in [0.3, 0.4) is 0 Å². The molecule has 132 valence electrons. The van der Waals surface area contributed by atoms with E-state index in [4.69, 9.17) is 0 Å². The molecule has 5 aromatic rings. The first kappa shape index (κ1) is 16.5. The lowest BCUT2D eigenvalue weighted by Gasteiger charge is -2.09. The molecular weight excluding hydrogens is 338 g/mol. The van der Waals surface area contributed by atoms with Crippen molar-refractivity contribution in [3.63, 3.8) is 0 Å². The van der Waals surface area contributed by atoms with Gasteiger partial charge in [-0.3, -0.25) is 0 Å². The largest absolute Gasteiger partial charge is 0.219 e. The molecule has 0 spiro atoms. The highest BCUT2D eigenvalue weighted by Gasteiger charge is 2.19. The smallest absolute Gasteiger partial charge is 0.159 e. The van der Waals surface area contributed by atoms with Gasteiger partial charge >= 0.3 is 0 Å². The molecule has 28 heavy (non-hydrogen) atoms. The molecule has 1 nitrogen and oxygen atoms in total. The van der Waals surface area contributed by atoms with Gasteiger partial charge in [-0.15, -0.1) is 0 Å². The molecule has 0 fully saturated rings. The first-order valence-corrected chi connectivity index (χ1v) is 9.55. The van der Waals surface area contributed by atoms with Crippen molar-refractivity contribution < 1.29 is 4.57 Å². The summed E-state index contributed by atoms with van der Waals surface area (Å²) in [6.45, 7) is 0. The highest BCUT2D eigenvalue weighted by molar-refractivity contribution is 5.88. The standard InChI is InChI=1S/C27H20N/c1-3-10-21(11-4-1)24-18-19-28(27(20-24)23-13-5-2-6-14-23)26-17-9-15-22-12-7-8-16-25(22)26/h1-20H/q+1. The van der Waals surface area contributed by atoms with Crippen LogP contribution < -0.4 is 4.57 Å². The van der Waals surface area contributed by atoms with E-state index in [1.54, 1.807) is 0 Å². The number of rotatable bonds is 3. The second-order valence-electron chi connectivity index (χ2n) is 6.90. The van der Waals surface area contributed by atoms with Gasteiger partial charge in [0.25, 0.3) is 0 Å². The first-order chi connectivity index (χ1) is 13.9. The molecule has 0 saturated heterocycles. The van der Waals surface area contributed by atoms with Crippen LogP contribution in [0.25, 0.3) is 38.8 Å². The van der Waals surface area contributed by atoms with Gasteiger partial charge in [0.05, 0.1) is 5.39 Å². The van der Waals surface area contributed by atoms with Gasteiger partial charge in [0.1, 0.15) is 0 Å². The van der Waals surface area contributed by atoms with Crippen LogP contribution in [0.1, 0.15) is 0 Å². The molecule has 0 amide bonds. The number of aromatic nitrogens is 1. The second-order valence-corrected chi connectivity index (χ2v) is 6.90. The Kier molecular flexibility index (Phi) is 4.19. The summed E-state index contributed by atoms with van der Waals surface area (Å²) in [5.41, 5.74) is 6.02. The molecule has 0 atom stereocenters. The van der Waals surface area contributed by atoms with Crippen LogP contribution in [-0.2, 0) is 0 Å². The lowest BCUT2D eigenvalue weighted by Crippen LogP contribution is -2.33. The zero-order valence-corrected chi connectivity index (χ0v) is 15.5. The summed E-state index contributed by atoms with van der Waals surface area (Å²) in [6.07, 6.45) is 2.19. The third-order valence-electron chi connectivity index (χ3n) is 5.16. The summed E-state index contributed by atoms with van der Waals surface area (Å²) in [5.74, 6) is 0. The predicted molar refractivity (Wildman–Crippen MR) is 116 cm³/mol. The van der Waals surface area contributed by atoms with Crippen molar-refractivity contribution >= 4 is 10.8 Å². The molecule has 1 heteroatoms. The third-order valence-corrected chi connectivity index (χ3v) is 5.16. The highest BCUT2D eigenvalue weighted by Crippen LogP contribution is 2.26. The van der Waals surface area contributed by atoms with Crippen molar-refractivity contribution in [1.82, 2.24) is 0 Å². The van der Waals surface area contributed by atoms with Crippen molar-refractivity contribution in [2.24, 2.45) is 0 Å². The molecular formula is C27H20N+. The maximum absolute atomic E-state index is 2.30. The van der Waals surface area contributed by atoms with E-state index in [0.29, 0.717) is 0 Å². The van der Waals surface area contributed by atoms with E-state index in [9.17, 15) is 0 Å². The van der Waals surface area contributed by atoms with Crippen molar-refractivity contribution in [2.75, 3.05) is 0 Å². The molecule has 0 aliphatic rings. The van der Waals surface area contributed by atoms with Crippen LogP contribution in [0.4, 0.5) is 0 Å². The van der Waals surface area contributed by atoms with Crippen LogP contribution in [0, 0.1) is 0 Å². The van der Waals surface area contributed by atoms with Gasteiger partial charge in [0, 0.05) is 23.8 Å². The van der Waals surface area contributed by atoms with E-state index in [1.807, 2.05) is 0 Å². The average Bonchev–Trinajstić information content (AvgIpc) is 2.79. The van der Waals surface area contributed by atoms with Crippen LogP contribution in [-0.4, -0.2) is 0 Å². The first-order valence-electron chi connectivity index (χ1n) is 9.55. The zero-order chi connectivity index (χ0) is 18.8. The Labute approximate surface area is 165 Å². The molecule has 5 rings (SSSR count). The quantitative estimate of drug-likeness (QED) is 0.326. The Morgan fingerprint density at radius 3 is 1.89 bits per heavy atom. The van der Waals surface area contributed by atoms with Crippen LogP contribution in [0.15, 0.2) is 121 Å². The van der Waals surface area contributed by atoms with Crippen molar-refractivity contribution in [3.8, 4) is 28.1 Å².